The molecule has 0 unspecified atom stereocenters. The Hall–Kier alpha value is -2.08. The number of carbonyl (C=O) groups is 2. The van der Waals surface area contributed by atoms with Crippen LogP contribution in [0.25, 0.3) is 0 Å². The standard InChI is InChI=1S/C19H28N2O4/c1-14(2)4-9-18(22)25-15(3)19(23)20-16-5-7-17(8-6-16)21-10-12-24-13-11-21/h5-8,14-15H,4,9-13H2,1-3H3,(H,20,23)/t15-/m0/s1. The molecule has 1 aromatic carbocycles. The summed E-state index contributed by atoms with van der Waals surface area (Å²) >= 11 is 0. The molecular formula is C19H28N2O4. The van der Waals surface area contributed by atoms with E-state index in [0.717, 1.165) is 38.4 Å². The topological polar surface area (TPSA) is 67.9 Å². The fourth-order valence-electron chi connectivity index (χ4n) is 2.54. The Morgan fingerprint density at radius 3 is 2.40 bits per heavy atom. The van der Waals surface area contributed by atoms with Gasteiger partial charge in [-0.2, -0.15) is 0 Å². The van der Waals surface area contributed by atoms with Gasteiger partial charge in [-0.1, -0.05) is 13.8 Å². The average Bonchev–Trinajstić information content (AvgIpc) is 2.61. The molecule has 0 spiro atoms. The summed E-state index contributed by atoms with van der Waals surface area (Å²) in [4.78, 5) is 26.1. The molecule has 1 heterocycles. The van der Waals surface area contributed by atoms with Crippen molar-refractivity contribution in [2.24, 2.45) is 5.92 Å². The molecule has 6 nitrogen and oxygen atoms in total. The third-order valence-corrected chi connectivity index (χ3v) is 4.11. The van der Waals surface area contributed by atoms with Crippen molar-refractivity contribution in [3.63, 3.8) is 0 Å². The number of carbonyl (C=O) groups excluding carboxylic acids is 2. The van der Waals surface area contributed by atoms with E-state index in [2.05, 4.69) is 10.2 Å². The van der Waals surface area contributed by atoms with Crippen molar-refractivity contribution >= 4 is 23.3 Å². The molecule has 1 fully saturated rings. The fraction of sp³-hybridized carbons (Fsp3) is 0.579. The number of anilines is 2. The van der Waals surface area contributed by atoms with Gasteiger partial charge in [0.2, 0.25) is 0 Å². The summed E-state index contributed by atoms with van der Waals surface area (Å²) in [5.41, 5.74) is 1.79. The van der Waals surface area contributed by atoms with Crippen LogP contribution in [-0.2, 0) is 19.1 Å². The molecule has 0 aliphatic carbocycles. The zero-order valence-electron chi connectivity index (χ0n) is 15.3. The van der Waals surface area contributed by atoms with Crippen molar-refractivity contribution in [1.82, 2.24) is 0 Å². The Morgan fingerprint density at radius 1 is 1.16 bits per heavy atom. The number of esters is 1. The third kappa shape index (κ3) is 6.38. The molecular weight excluding hydrogens is 320 g/mol. The van der Waals surface area contributed by atoms with E-state index in [9.17, 15) is 9.59 Å². The second-order valence-electron chi connectivity index (χ2n) is 6.70. The number of hydrogen-bond acceptors (Lipinski definition) is 5. The van der Waals surface area contributed by atoms with Crippen molar-refractivity contribution in [2.45, 2.75) is 39.7 Å². The summed E-state index contributed by atoms with van der Waals surface area (Å²) in [5.74, 6) is -0.224. The first kappa shape index (κ1) is 19.2. The molecule has 0 radical (unpaired) electrons. The van der Waals surface area contributed by atoms with E-state index >= 15 is 0 Å². The number of amides is 1. The Labute approximate surface area is 149 Å². The van der Waals surface area contributed by atoms with E-state index < -0.39 is 6.10 Å². The van der Waals surface area contributed by atoms with E-state index in [4.69, 9.17) is 9.47 Å². The first-order valence-electron chi connectivity index (χ1n) is 8.89. The highest BCUT2D eigenvalue weighted by molar-refractivity contribution is 5.95. The van der Waals surface area contributed by atoms with Gasteiger partial charge in [0.1, 0.15) is 0 Å². The zero-order valence-corrected chi connectivity index (χ0v) is 15.3. The molecule has 1 atom stereocenters. The fourth-order valence-corrected chi connectivity index (χ4v) is 2.54. The van der Waals surface area contributed by atoms with E-state index in [1.165, 1.54) is 0 Å². The number of rotatable bonds is 7. The molecule has 6 heteroatoms. The smallest absolute Gasteiger partial charge is 0.306 e. The maximum absolute atomic E-state index is 12.2. The van der Waals surface area contributed by atoms with Gasteiger partial charge < -0.3 is 19.7 Å². The summed E-state index contributed by atoms with van der Waals surface area (Å²) in [6.07, 6.45) is 0.290. The number of nitrogens with zero attached hydrogens (tertiary/aromatic N) is 1. The van der Waals surface area contributed by atoms with E-state index in [1.54, 1.807) is 6.92 Å². The van der Waals surface area contributed by atoms with Crippen LogP contribution in [0.1, 0.15) is 33.6 Å². The first-order chi connectivity index (χ1) is 12.0. The van der Waals surface area contributed by atoms with Crippen LogP contribution in [-0.4, -0.2) is 44.3 Å². The lowest BCUT2D eigenvalue weighted by Gasteiger charge is -2.28. The van der Waals surface area contributed by atoms with E-state index in [-0.39, 0.29) is 11.9 Å². The van der Waals surface area contributed by atoms with Gasteiger partial charge in [-0.25, -0.2) is 0 Å². The molecule has 0 saturated carbocycles. The molecule has 1 aliphatic heterocycles. The Kier molecular flexibility index (Phi) is 7.25. The van der Waals surface area contributed by atoms with Gasteiger partial charge in [0.25, 0.3) is 5.91 Å². The van der Waals surface area contributed by atoms with Crippen LogP contribution in [0.5, 0.6) is 0 Å². The molecule has 1 aromatic rings. The van der Waals surface area contributed by atoms with Gasteiger partial charge >= 0.3 is 5.97 Å². The largest absolute Gasteiger partial charge is 0.453 e. The predicted octanol–water partition coefficient (Wildman–Crippen LogP) is 2.83. The van der Waals surface area contributed by atoms with E-state index in [0.29, 0.717) is 18.0 Å². The number of benzene rings is 1. The molecule has 138 valence electrons. The maximum Gasteiger partial charge on any atom is 0.306 e. The van der Waals surface area contributed by atoms with Crippen LogP contribution in [0.2, 0.25) is 0 Å². The minimum absolute atomic E-state index is 0.322. The van der Waals surface area contributed by atoms with Crippen molar-refractivity contribution in [1.29, 1.82) is 0 Å². The molecule has 0 bridgehead atoms. The molecule has 25 heavy (non-hydrogen) atoms. The molecule has 1 N–H and O–H groups in total. The Bertz CT molecular complexity index is 565. The summed E-state index contributed by atoms with van der Waals surface area (Å²) in [6.45, 7) is 8.89. The van der Waals surface area contributed by atoms with Gasteiger partial charge in [0.15, 0.2) is 6.10 Å². The maximum atomic E-state index is 12.2. The quantitative estimate of drug-likeness (QED) is 0.768. The third-order valence-electron chi connectivity index (χ3n) is 4.11. The van der Waals surface area contributed by atoms with Crippen molar-refractivity contribution in [3.05, 3.63) is 24.3 Å². The van der Waals surface area contributed by atoms with Gasteiger partial charge in [-0.05, 0) is 43.5 Å². The number of hydrogen-bond donors (Lipinski definition) is 1. The van der Waals surface area contributed by atoms with Crippen LogP contribution in [0, 0.1) is 5.92 Å². The van der Waals surface area contributed by atoms with Gasteiger partial charge in [0, 0.05) is 30.9 Å². The number of morpholine rings is 1. The monoisotopic (exact) mass is 348 g/mol. The zero-order chi connectivity index (χ0) is 18.2. The van der Waals surface area contributed by atoms with Crippen LogP contribution in [0.15, 0.2) is 24.3 Å². The number of nitrogens with one attached hydrogen (secondary N) is 1. The van der Waals surface area contributed by atoms with Crippen molar-refractivity contribution < 1.29 is 19.1 Å². The number of ether oxygens (including phenoxy) is 2. The Balaban J connectivity index is 1.81. The van der Waals surface area contributed by atoms with Crippen molar-refractivity contribution in [3.8, 4) is 0 Å². The van der Waals surface area contributed by atoms with Crippen LogP contribution >= 0.6 is 0 Å². The Morgan fingerprint density at radius 2 is 1.80 bits per heavy atom. The van der Waals surface area contributed by atoms with E-state index in [1.807, 2.05) is 38.1 Å². The summed E-state index contributed by atoms with van der Waals surface area (Å²) < 4.78 is 10.5. The highest BCUT2D eigenvalue weighted by Gasteiger charge is 2.18. The highest BCUT2D eigenvalue weighted by atomic mass is 16.5. The van der Waals surface area contributed by atoms with Crippen LogP contribution in [0.4, 0.5) is 11.4 Å². The van der Waals surface area contributed by atoms with Gasteiger partial charge in [0.05, 0.1) is 13.2 Å². The second kappa shape index (κ2) is 9.42. The van der Waals surface area contributed by atoms with Gasteiger partial charge in [-0.15, -0.1) is 0 Å². The molecule has 0 aromatic heterocycles. The second-order valence-corrected chi connectivity index (χ2v) is 6.70. The lowest BCUT2D eigenvalue weighted by molar-refractivity contribution is -0.153. The lowest BCUT2D eigenvalue weighted by atomic mass is 10.1. The van der Waals surface area contributed by atoms with Crippen LogP contribution in [0.3, 0.4) is 0 Å². The minimum Gasteiger partial charge on any atom is -0.453 e. The summed E-state index contributed by atoms with van der Waals surface area (Å²) in [5, 5.41) is 2.78. The molecule has 1 amide bonds. The average molecular weight is 348 g/mol. The van der Waals surface area contributed by atoms with Crippen LogP contribution < -0.4 is 10.2 Å². The lowest BCUT2D eigenvalue weighted by Crippen LogP contribution is -2.36. The SMILES string of the molecule is CC(C)CCC(=O)O[C@@H](C)C(=O)Nc1ccc(N2CCOCC2)cc1. The normalized spacial score (nSPS) is 15.8. The molecule has 1 aliphatic rings. The summed E-state index contributed by atoms with van der Waals surface area (Å²) in [7, 11) is 0. The molecule has 2 rings (SSSR count). The molecule has 1 saturated heterocycles. The predicted molar refractivity (Wildman–Crippen MR) is 97.7 cm³/mol. The summed E-state index contributed by atoms with van der Waals surface area (Å²) in [6, 6.07) is 7.66. The first-order valence-corrected chi connectivity index (χ1v) is 8.89. The van der Waals surface area contributed by atoms with Crippen molar-refractivity contribution in [2.75, 3.05) is 36.5 Å². The van der Waals surface area contributed by atoms with Gasteiger partial charge in [-0.3, -0.25) is 9.59 Å². The highest BCUT2D eigenvalue weighted by Crippen LogP contribution is 2.19. The minimum atomic E-state index is -0.807.